The van der Waals surface area contributed by atoms with E-state index >= 15 is 0 Å². The Morgan fingerprint density at radius 2 is 1.55 bits per heavy atom. The highest BCUT2D eigenvalue weighted by Gasteiger charge is 2.44. The summed E-state index contributed by atoms with van der Waals surface area (Å²) >= 11 is 0. The molecule has 3 atom stereocenters. The molecule has 1 aliphatic carbocycles. The van der Waals surface area contributed by atoms with Crippen LogP contribution in [0.3, 0.4) is 0 Å². The van der Waals surface area contributed by atoms with Gasteiger partial charge in [0.05, 0.1) is 11.0 Å². The van der Waals surface area contributed by atoms with Crippen molar-refractivity contribution in [2.75, 3.05) is 19.6 Å². The van der Waals surface area contributed by atoms with Gasteiger partial charge in [0.1, 0.15) is 5.82 Å². The largest absolute Gasteiger partial charge is 0.343 e. The van der Waals surface area contributed by atoms with Crippen molar-refractivity contribution in [1.29, 1.82) is 0 Å². The molecular weight excluding hydrogens is 516 g/mol. The van der Waals surface area contributed by atoms with E-state index in [0.717, 1.165) is 56.0 Å². The van der Waals surface area contributed by atoms with Crippen molar-refractivity contribution in [2.45, 2.75) is 120 Å². The first-order valence-electron chi connectivity index (χ1n) is 17.1. The molecule has 1 unspecified atom stereocenters. The van der Waals surface area contributed by atoms with Crippen LogP contribution < -0.4 is 0 Å². The van der Waals surface area contributed by atoms with Gasteiger partial charge in [0.15, 0.2) is 0 Å². The lowest BCUT2D eigenvalue weighted by Crippen LogP contribution is -2.49. The van der Waals surface area contributed by atoms with Crippen molar-refractivity contribution in [3.8, 4) is 0 Å². The van der Waals surface area contributed by atoms with Gasteiger partial charge in [-0.2, -0.15) is 0 Å². The monoisotopic (exact) mass is 566 g/mol. The van der Waals surface area contributed by atoms with Crippen molar-refractivity contribution in [2.24, 2.45) is 5.92 Å². The maximum atomic E-state index is 13.2. The average molecular weight is 567 g/mol. The molecule has 5 heteroatoms. The number of aryl methyl sites for hydroxylation is 1. The fraction of sp³-hybridized carbons (Fsp3) is 0.622. The maximum absolute atomic E-state index is 13.2. The van der Waals surface area contributed by atoms with Gasteiger partial charge in [-0.15, -0.1) is 0 Å². The van der Waals surface area contributed by atoms with Crippen LogP contribution in [0.2, 0.25) is 0 Å². The number of amides is 1. The van der Waals surface area contributed by atoms with E-state index in [0.29, 0.717) is 24.0 Å². The number of rotatable bonds is 8. The van der Waals surface area contributed by atoms with Gasteiger partial charge in [-0.05, 0) is 93.9 Å². The van der Waals surface area contributed by atoms with Gasteiger partial charge in [-0.1, -0.05) is 74.6 Å². The summed E-state index contributed by atoms with van der Waals surface area (Å²) in [6, 6.07) is 21.8. The zero-order valence-corrected chi connectivity index (χ0v) is 25.7. The predicted molar refractivity (Wildman–Crippen MR) is 171 cm³/mol. The van der Waals surface area contributed by atoms with Crippen LogP contribution in [-0.4, -0.2) is 57.0 Å². The number of benzene rings is 2. The van der Waals surface area contributed by atoms with Crippen molar-refractivity contribution in [3.05, 3.63) is 66.0 Å². The first-order chi connectivity index (χ1) is 20.6. The number of carbonyl (C=O) groups excluding carboxylic acids is 1. The third-order valence-electron chi connectivity index (χ3n) is 11.8. The molecule has 0 radical (unpaired) electrons. The summed E-state index contributed by atoms with van der Waals surface area (Å²) < 4.78 is 2.55. The van der Waals surface area contributed by atoms with Gasteiger partial charge in [0.25, 0.3) is 0 Å². The number of likely N-dealkylation sites (tertiary alicyclic amines) is 1. The molecule has 0 N–H and O–H groups in total. The second-order valence-electron chi connectivity index (χ2n) is 14.1. The molecule has 3 aromatic rings. The summed E-state index contributed by atoms with van der Waals surface area (Å²) in [5.41, 5.74) is 4.10. The molecule has 4 fully saturated rings. The van der Waals surface area contributed by atoms with Crippen LogP contribution in [0.4, 0.5) is 0 Å². The van der Waals surface area contributed by atoms with Crippen molar-refractivity contribution in [1.82, 2.24) is 19.4 Å². The fourth-order valence-corrected chi connectivity index (χ4v) is 9.41. The molecule has 0 spiro atoms. The highest BCUT2D eigenvalue weighted by atomic mass is 16.2. The Labute approximate surface area is 252 Å². The van der Waals surface area contributed by atoms with Gasteiger partial charge in [0.2, 0.25) is 5.91 Å². The number of piperidine rings is 2. The molecule has 3 saturated heterocycles. The van der Waals surface area contributed by atoms with E-state index in [1.165, 1.54) is 81.8 Å². The number of nitrogens with zero attached hydrogens (tertiary/aromatic N) is 4. The van der Waals surface area contributed by atoms with Gasteiger partial charge in [-0.25, -0.2) is 4.98 Å². The number of aromatic nitrogens is 2. The topological polar surface area (TPSA) is 41.4 Å². The smallest absolute Gasteiger partial charge is 0.222 e. The van der Waals surface area contributed by atoms with Crippen LogP contribution in [0, 0.1) is 12.8 Å². The molecule has 7 rings (SSSR count). The minimum absolute atomic E-state index is 0.175. The summed E-state index contributed by atoms with van der Waals surface area (Å²) in [6.45, 7) is 5.20. The Bertz CT molecular complexity index is 1340. The lowest BCUT2D eigenvalue weighted by molar-refractivity contribution is -0.133. The molecule has 2 bridgehead atoms. The van der Waals surface area contributed by atoms with Gasteiger partial charge in [-0.3, -0.25) is 9.69 Å². The Morgan fingerprint density at radius 3 is 2.29 bits per heavy atom. The first-order valence-corrected chi connectivity index (χ1v) is 17.1. The average Bonchev–Trinajstić information content (AvgIpc) is 3.50. The highest BCUT2D eigenvalue weighted by molar-refractivity contribution is 5.76. The van der Waals surface area contributed by atoms with Crippen molar-refractivity contribution in [3.63, 3.8) is 0 Å². The van der Waals surface area contributed by atoms with Crippen LogP contribution in [-0.2, 0) is 10.2 Å². The van der Waals surface area contributed by atoms with E-state index in [4.69, 9.17) is 4.98 Å². The number of hydrogen-bond donors (Lipinski definition) is 0. The lowest BCUT2D eigenvalue weighted by atomic mass is 9.70. The van der Waals surface area contributed by atoms with Crippen LogP contribution >= 0.6 is 0 Å². The van der Waals surface area contributed by atoms with E-state index in [1.54, 1.807) is 0 Å². The third-order valence-corrected chi connectivity index (χ3v) is 11.8. The quantitative estimate of drug-likeness (QED) is 0.279. The molecule has 1 aromatic heterocycles. The van der Waals surface area contributed by atoms with E-state index in [9.17, 15) is 4.79 Å². The summed E-state index contributed by atoms with van der Waals surface area (Å²) in [6.07, 6.45) is 17.2. The highest BCUT2D eigenvalue weighted by Crippen LogP contribution is 2.45. The lowest BCUT2D eigenvalue weighted by Gasteiger charge is -2.46. The van der Waals surface area contributed by atoms with Gasteiger partial charge >= 0.3 is 0 Å². The fourth-order valence-electron chi connectivity index (χ4n) is 9.41. The number of carbonyl (C=O) groups is 1. The third kappa shape index (κ3) is 5.54. The Hall–Kier alpha value is -2.66. The molecule has 4 aliphatic rings. The van der Waals surface area contributed by atoms with Crippen LogP contribution in [0.15, 0.2) is 54.6 Å². The van der Waals surface area contributed by atoms with E-state index < -0.39 is 0 Å². The minimum Gasteiger partial charge on any atom is -0.343 e. The van der Waals surface area contributed by atoms with Gasteiger partial charge < -0.3 is 9.47 Å². The number of fused-ring (bicyclic) bond motifs is 3. The molecular formula is C37H50N4O. The molecule has 4 heterocycles. The van der Waals surface area contributed by atoms with Crippen LogP contribution in [0.5, 0.6) is 0 Å². The summed E-state index contributed by atoms with van der Waals surface area (Å²) in [5, 5.41) is 0. The van der Waals surface area contributed by atoms with E-state index in [2.05, 4.69) is 75.9 Å². The first kappa shape index (κ1) is 28.1. The van der Waals surface area contributed by atoms with Crippen molar-refractivity contribution >= 4 is 16.9 Å². The molecule has 42 heavy (non-hydrogen) atoms. The predicted octanol–water partition coefficient (Wildman–Crippen LogP) is 7.82. The minimum atomic E-state index is 0.175. The van der Waals surface area contributed by atoms with Crippen LogP contribution in [0.25, 0.3) is 11.0 Å². The molecule has 1 amide bonds. The summed E-state index contributed by atoms with van der Waals surface area (Å²) in [4.78, 5) is 23.2. The number of para-hydroxylation sites is 2. The normalized spacial score (nSPS) is 26.6. The van der Waals surface area contributed by atoms with E-state index in [1.807, 2.05) is 0 Å². The summed E-state index contributed by atoms with van der Waals surface area (Å²) in [7, 11) is 0. The number of hydrogen-bond acceptors (Lipinski definition) is 3. The second-order valence-corrected chi connectivity index (χ2v) is 14.1. The SMILES string of the molecule is Cc1nc2ccccc2n1C1C[C@H]2CC[C@@H](C1)N2CCC1(c2ccccc2)CCN(C(=O)CCC2CCCCC2)CC1. The number of imidazole rings is 1. The molecule has 224 valence electrons. The zero-order chi connectivity index (χ0) is 28.5. The van der Waals surface area contributed by atoms with Gasteiger partial charge in [0, 0.05) is 37.6 Å². The Kier molecular flexibility index (Phi) is 8.14. The van der Waals surface area contributed by atoms with Crippen LogP contribution in [0.1, 0.15) is 107 Å². The second kappa shape index (κ2) is 12.1. The standard InChI is InChI=1S/C37H50N4O/c1-28-38-34-14-8-9-15-35(34)41(28)33-26-31-17-18-32(27-33)40(31)25-22-37(30-12-6-3-7-13-30)20-23-39(24-21-37)36(42)19-16-29-10-4-2-5-11-29/h3,6-9,12-15,29,31-33H,2,4-5,10-11,16-27H2,1H3/t31-,32+,33?. The Morgan fingerprint density at radius 1 is 0.857 bits per heavy atom. The zero-order valence-electron chi connectivity index (χ0n) is 25.7. The molecule has 1 saturated carbocycles. The molecule has 5 nitrogen and oxygen atoms in total. The van der Waals surface area contributed by atoms with Crippen molar-refractivity contribution < 1.29 is 4.79 Å². The Balaban J connectivity index is 1.00. The van der Waals surface area contributed by atoms with E-state index in [-0.39, 0.29) is 5.41 Å². The maximum Gasteiger partial charge on any atom is 0.222 e. The summed E-state index contributed by atoms with van der Waals surface area (Å²) in [5.74, 6) is 2.36. The molecule has 3 aliphatic heterocycles. The molecule has 2 aromatic carbocycles.